The normalized spacial score (nSPS) is 23.2. The lowest BCUT2D eigenvalue weighted by molar-refractivity contribution is 0.193. The molecule has 0 amide bonds. The Morgan fingerprint density at radius 3 is 3.00 bits per heavy atom. The Morgan fingerprint density at radius 1 is 1.44 bits per heavy atom. The number of nitriles is 1. The Kier molecular flexibility index (Phi) is 4.35. The van der Waals surface area contributed by atoms with Gasteiger partial charge in [-0.25, -0.2) is 0 Å². The van der Waals surface area contributed by atoms with Crippen molar-refractivity contribution in [3.8, 4) is 6.07 Å². The van der Waals surface area contributed by atoms with Gasteiger partial charge in [0, 0.05) is 12.6 Å². The van der Waals surface area contributed by atoms with Crippen LogP contribution in [0, 0.1) is 17.2 Å². The molecule has 0 aromatic heterocycles. The summed E-state index contributed by atoms with van der Waals surface area (Å²) in [5.41, 5.74) is 7.78. The molecule has 1 fully saturated rings. The fraction of sp³-hybridized carbons (Fsp3) is 0.533. The van der Waals surface area contributed by atoms with Crippen molar-refractivity contribution in [3.63, 3.8) is 0 Å². The van der Waals surface area contributed by atoms with Gasteiger partial charge in [-0.05, 0) is 50.0 Å². The van der Waals surface area contributed by atoms with E-state index in [9.17, 15) is 0 Å². The number of nitrogens with zero attached hydrogens (tertiary/aromatic N) is 2. The van der Waals surface area contributed by atoms with E-state index in [1.165, 1.54) is 24.8 Å². The standard InChI is InChI=1S/C15H21N3/c1-18(15-7-3-6-14(15)10-17)11-13-5-2-4-12(8-13)9-16/h2,4-5,8,14-15H,3,6-7,10-11,17H2,1H3. The minimum Gasteiger partial charge on any atom is -0.330 e. The predicted molar refractivity (Wildman–Crippen MR) is 72.8 cm³/mol. The number of rotatable bonds is 4. The summed E-state index contributed by atoms with van der Waals surface area (Å²) in [5, 5.41) is 8.91. The third kappa shape index (κ3) is 2.90. The largest absolute Gasteiger partial charge is 0.330 e. The van der Waals surface area contributed by atoms with E-state index in [1.54, 1.807) is 0 Å². The van der Waals surface area contributed by atoms with Crippen molar-refractivity contribution >= 4 is 0 Å². The van der Waals surface area contributed by atoms with Crippen LogP contribution in [0.1, 0.15) is 30.4 Å². The lowest BCUT2D eigenvalue weighted by Gasteiger charge is -2.29. The van der Waals surface area contributed by atoms with Crippen molar-refractivity contribution in [2.45, 2.75) is 31.8 Å². The summed E-state index contributed by atoms with van der Waals surface area (Å²) in [6.45, 7) is 1.68. The summed E-state index contributed by atoms with van der Waals surface area (Å²) in [6.07, 6.45) is 3.79. The Hall–Kier alpha value is -1.37. The van der Waals surface area contributed by atoms with E-state index in [0.717, 1.165) is 18.7 Å². The molecule has 0 aliphatic heterocycles. The van der Waals surface area contributed by atoms with E-state index < -0.39 is 0 Å². The first-order chi connectivity index (χ1) is 8.74. The zero-order chi connectivity index (χ0) is 13.0. The average molecular weight is 243 g/mol. The highest BCUT2D eigenvalue weighted by Crippen LogP contribution is 2.29. The third-order valence-corrected chi connectivity index (χ3v) is 3.98. The zero-order valence-electron chi connectivity index (χ0n) is 11.0. The van der Waals surface area contributed by atoms with Gasteiger partial charge in [0.05, 0.1) is 11.6 Å². The van der Waals surface area contributed by atoms with Gasteiger partial charge >= 0.3 is 0 Å². The molecule has 2 N–H and O–H groups in total. The van der Waals surface area contributed by atoms with Crippen molar-refractivity contribution in [2.75, 3.05) is 13.6 Å². The summed E-state index contributed by atoms with van der Waals surface area (Å²) < 4.78 is 0. The smallest absolute Gasteiger partial charge is 0.0991 e. The minimum absolute atomic E-state index is 0.598. The molecule has 1 aliphatic carbocycles. The van der Waals surface area contributed by atoms with E-state index >= 15 is 0 Å². The second-order valence-electron chi connectivity index (χ2n) is 5.22. The molecule has 0 saturated heterocycles. The van der Waals surface area contributed by atoms with Crippen LogP contribution in [-0.2, 0) is 6.54 Å². The topological polar surface area (TPSA) is 53.0 Å². The van der Waals surface area contributed by atoms with E-state index in [4.69, 9.17) is 11.0 Å². The van der Waals surface area contributed by atoms with Gasteiger partial charge in [0.15, 0.2) is 0 Å². The highest BCUT2D eigenvalue weighted by molar-refractivity contribution is 5.32. The molecule has 0 radical (unpaired) electrons. The van der Waals surface area contributed by atoms with Crippen molar-refractivity contribution in [1.29, 1.82) is 5.26 Å². The summed E-state index contributed by atoms with van der Waals surface area (Å²) in [4.78, 5) is 2.39. The molecule has 96 valence electrons. The van der Waals surface area contributed by atoms with E-state index in [0.29, 0.717) is 12.0 Å². The average Bonchev–Trinajstić information content (AvgIpc) is 2.87. The Balaban J connectivity index is 2.02. The van der Waals surface area contributed by atoms with Crippen LogP contribution in [0.2, 0.25) is 0 Å². The highest BCUT2D eigenvalue weighted by Gasteiger charge is 2.29. The Bertz CT molecular complexity index is 436. The van der Waals surface area contributed by atoms with Crippen molar-refractivity contribution < 1.29 is 0 Å². The van der Waals surface area contributed by atoms with Gasteiger partial charge in [0.2, 0.25) is 0 Å². The fourth-order valence-corrected chi connectivity index (χ4v) is 3.02. The summed E-state index contributed by atoms with van der Waals surface area (Å²) in [5.74, 6) is 0.633. The maximum atomic E-state index is 8.91. The number of benzene rings is 1. The number of hydrogen-bond acceptors (Lipinski definition) is 3. The molecule has 0 heterocycles. The van der Waals surface area contributed by atoms with Crippen molar-refractivity contribution in [2.24, 2.45) is 11.7 Å². The Morgan fingerprint density at radius 2 is 2.28 bits per heavy atom. The highest BCUT2D eigenvalue weighted by atomic mass is 15.1. The molecular weight excluding hydrogens is 222 g/mol. The molecule has 2 unspecified atom stereocenters. The van der Waals surface area contributed by atoms with Crippen LogP contribution >= 0.6 is 0 Å². The van der Waals surface area contributed by atoms with Crippen LogP contribution in [0.4, 0.5) is 0 Å². The van der Waals surface area contributed by atoms with Crippen LogP contribution in [-0.4, -0.2) is 24.5 Å². The van der Waals surface area contributed by atoms with E-state index in [2.05, 4.69) is 24.1 Å². The van der Waals surface area contributed by atoms with Gasteiger partial charge in [-0.1, -0.05) is 18.6 Å². The van der Waals surface area contributed by atoms with Crippen LogP contribution in [0.25, 0.3) is 0 Å². The van der Waals surface area contributed by atoms with Crippen LogP contribution in [0.15, 0.2) is 24.3 Å². The van der Waals surface area contributed by atoms with E-state index in [1.807, 2.05) is 18.2 Å². The van der Waals surface area contributed by atoms with E-state index in [-0.39, 0.29) is 0 Å². The number of hydrogen-bond donors (Lipinski definition) is 1. The molecule has 3 nitrogen and oxygen atoms in total. The first-order valence-corrected chi connectivity index (χ1v) is 6.64. The van der Waals surface area contributed by atoms with Gasteiger partial charge in [0.1, 0.15) is 0 Å². The van der Waals surface area contributed by atoms with Gasteiger partial charge < -0.3 is 5.73 Å². The molecular formula is C15H21N3. The van der Waals surface area contributed by atoms with Crippen LogP contribution in [0.3, 0.4) is 0 Å². The molecule has 3 heteroatoms. The maximum Gasteiger partial charge on any atom is 0.0991 e. The molecule has 1 aromatic rings. The summed E-state index contributed by atoms with van der Waals surface area (Å²) in [6, 6.07) is 10.7. The number of nitrogens with two attached hydrogens (primary N) is 1. The molecule has 0 bridgehead atoms. The first-order valence-electron chi connectivity index (χ1n) is 6.64. The Labute approximate surface area is 109 Å². The lowest BCUT2D eigenvalue weighted by Crippen LogP contribution is -2.37. The minimum atomic E-state index is 0.598. The van der Waals surface area contributed by atoms with Gasteiger partial charge in [-0.15, -0.1) is 0 Å². The molecule has 2 rings (SSSR count). The van der Waals surface area contributed by atoms with Crippen LogP contribution < -0.4 is 5.73 Å². The monoisotopic (exact) mass is 243 g/mol. The second-order valence-corrected chi connectivity index (χ2v) is 5.22. The molecule has 18 heavy (non-hydrogen) atoms. The van der Waals surface area contributed by atoms with Crippen LogP contribution in [0.5, 0.6) is 0 Å². The zero-order valence-corrected chi connectivity index (χ0v) is 11.0. The first kappa shape index (κ1) is 13.1. The summed E-state index contributed by atoms with van der Waals surface area (Å²) in [7, 11) is 2.16. The summed E-state index contributed by atoms with van der Waals surface area (Å²) >= 11 is 0. The fourth-order valence-electron chi connectivity index (χ4n) is 3.02. The quantitative estimate of drug-likeness (QED) is 0.881. The van der Waals surface area contributed by atoms with Gasteiger partial charge in [-0.2, -0.15) is 5.26 Å². The third-order valence-electron chi connectivity index (χ3n) is 3.98. The predicted octanol–water partition coefficient (Wildman–Crippen LogP) is 2.12. The maximum absolute atomic E-state index is 8.91. The van der Waals surface area contributed by atoms with Gasteiger partial charge in [-0.3, -0.25) is 4.90 Å². The lowest BCUT2D eigenvalue weighted by atomic mass is 10.0. The molecule has 0 spiro atoms. The van der Waals surface area contributed by atoms with Gasteiger partial charge in [0.25, 0.3) is 0 Å². The van der Waals surface area contributed by atoms with Crippen molar-refractivity contribution in [1.82, 2.24) is 4.90 Å². The molecule has 2 atom stereocenters. The SMILES string of the molecule is CN(Cc1cccc(C#N)c1)C1CCCC1CN. The molecule has 1 aromatic carbocycles. The molecule has 1 saturated carbocycles. The molecule has 1 aliphatic rings. The van der Waals surface area contributed by atoms with Crippen molar-refractivity contribution in [3.05, 3.63) is 35.4 Å². The second kappa shape index (κ2) is 5.99.